The Kier molecular flexibility index (Phi) is 13.9. The van der Waals surface area contributed by atoms with E-state index in [2.05, 4.69) is 4.90 Å². The molecule has 49 heavy (non-hydrogen) atoms. The number of nitrogens with zero attached hydrogens (tertiary/aromatic N) is 2. The van der Waals surface area contributed by atoms with Gasteiger partial charge in [-0.3, -0.25) is 4.79 Å². The summed E-state index contributed by atoms with van der Waals surface area (Å²) < 4.78 is 17.6. The maximum absolute atomic E-state index is 13.4. The molecule has 4 N–H and O–H groups in total. The first-order chi connectivity index (χ1) is 23.1. The summed E-state index contributed by atoms with van der Waals surface area (Å²) in [6, 6.07) is 0.490. The number of piperidine rings is 1. The Bertz CT molecular complexity index is 1190. The molecule has 4 rings (SSSR count). The van der Waals surface area contributed by atoms with Crippen LogP contribution < -0.4 is 0 Å². The van der Waals surface area contributed by atoms with Crippen LogP contribution in [0.15, 0.2) is 36.0 Å². The first kappa shape index (κ1) is 39.5. The second kappa shape index (κ2) is 17.3. The molecule has 10 atom stereocenters. The number of allylic oxidation sites excluding steroid dienone is 2. The number of esters is 1. The van der Waals surface area contributed by atoms with Crippen LogP contribution in [0.3, 0.4) is 0 Å². The zero-order valence-electron chi connectivity index (χ0n) is 30.5. The van der Waals surface area contributed by atoms with Gasteiger partial charge in [0.15, 0.2) is 6.10 Å². The second-order valence-electron chi connectivity index (χ2n) is 15.5. The van der Waals surface area contributed by atoms with Gasteiger partial charge in [-0.05, 0) is 90.5 Å². The summed E-state index contributed by atoms with van der Waals surface area (Å²) in [6.45, 7) is 14.3. The van der Waals surface area contributed by atoms with Crippen LogP contribution in [0.2, 0.25) is 0 Å². The Hall–Kier alpha value is -2.28. The molecular formula is C38H62N2O9. The van der Waals surface area contributed by atoms with E-state index in [1.807, 2.05) is 27.7 Å². The molecule has 4 aliphatic rings. The third kappa shape index (κ3) is 11.4. The molecule has 11 heteroatoms. The lowest BCUT2D eigenvalue weighted by molar-refractivity contribution is -0.151. The number of rotatable bonds is 10. The number of amides is 1. The Morgan fingerprint density at radius 2 is 1.86 bits per heavy atom. The molecule has 0 radical (unpaired) electrons. The standard InChI is InChI=1S/C38H62N2O9/c1-7-30(42)27(4)35-31(47-35)24-37(5,45)17-10-11-25(2)34-26(3)12-13-32(38(6,46)18-14-29(41)23-33(43)49-34)48-36(44)40-21-15-28(16-22-40)39-19-8-9-20-39/h10-13,17,26-32,34-35,41-42,45-46H,7-9,14-16,18-24H2,1-6H3/b13-12-,17-10+,25-11+. The lowest BCUT2D eigenvalue weighted by Crippen LogP contribution is -2.49. The van der Waals surface area contributed by atoms with E-state index in [1.165, 1.54) is 12.8 Å². The van der Waals surface area contributed by atoms with Crippen molar-refractivity contribution < 1.29 is 44.2 Å². The molecule has 0 saturated carbocycles. The predicted octanol–water partition coefficient (Wildman–Crippen LogP) is 4.27. The van der Waals surface area contributed by atoms with E-state index in [0.29, 0.717) is 37.5 Å². The van der Waals surface area contributed by atoms with E-state index in [1.54, 1.807) is 49.1 Å². The fourth-order valence-corrected chi connectivity index (χ4v) is 7.51. The molecular weight excluding hydrogens is 628 g/mol. The average molecular weight is 691 g/mol. The van der Waals surface area contributed by atoms with E-state index >= 15 is 0 Å². The van der Waals surface area contributed by atoms with Gasteiger partial charge in [-0.25, -0.2) is 4.79 Å². The fraction of sp³-hybridized carbons (Fsp3) is 0.789. The van der Waals surface area contributed by atoms with E-state index in [-0.39, 0.29) is 43.3 Å². The Morgan fingerprint density at radius 3 is 2.51 bits per heavy atom. The zero-order valence-corrected chi connectivity index (χ0v) is 30.5. The van der Waals surface area contributed by atoms with Gasteiger partial charge >= 0.3 is 12.1 Å². The number of carbonyl (C=O) groups excluding carboxylic acids is 2. The minimum Gasteiger partial charge on any atom is -0.457 e. The van der Waals surface area contributed by atoms with E-state index in [0.717, 1.165) is 25.9 Å². The Morgan fingerprint density at radius 1 is 1.18 bits per heavy atom. The van der Waals surface area contributed by atoms with Crippen LogP contribution in [0.1, 0.15) is 99.3 Å². The van der Waals surface area contributed by atoms with Crippen LogP contribution >= 0.6 is 0 Å². The van der Waals surface area contributed by atoms with Crippen LogP contribution in [0.4, 0.5) is 4.79 Å². The molecule has 3 fully saturated rings. The van der Waals surface area contributed by atoms with Crippen LogP contribution in [0, 0.1) is 11.8 Å². The second-order valence-corrected chi connectivity index (χ2v) is 15.5. The molecule has 0 aromatic heterocycles. The van der Waals surface area contributed by atoms with Crippen molar-refractivity contribution in [3.05, 3.63) is 36.0 Å². The summed E-state index contributed by atoms with van der Waals surface area (Å²) in [5.41, 5.74) is -1.92. The van der Waals surface area contributed by atoms with Crippen molar-refractivity contribution in [1.29, 1.82) is 0 Å². The number of cyclic esters (lactones) is 1. The molecule has 0 aromatic carbocycles. The summed E-state index contributed by atoms with van der Waals surface area (Å²) >= 11 is 0. The van der Waals surface area contributed by atoms with Gasteiger partial charge in [0.2, 0.25) is 0 Å². The quantitative estimate of drug-likeness (QED) is 0.113. The minimum absolute atomic E-state index is 0.00950. The van der Waals surface area contributed by atoms with E-state index in [9.17, 15) is 30.0 Å². The van der Waals surface area contributed by atoms with Crippen LogP contribution in [0.25, 0.3) is 0 Å². The molecule has 10 unspecified atom stereocenters. The first-order valence-electron chi connectivity index (χ1n) is 18.5. The SMILES string of the molecule is CCC(O)C(C)C1OC1CC(C)(O)/C=C/C=C(\C)C1OC(=O)CC(O)CCC(C)(O)C(OC(=O)N2CCC(N3CCCC3)CC2)/C=C\C1C. The Balaban J connectivity index is 1.43. The maximum Gasteiger partial charge on any atom is 0.410 e. The summed E-state index contributed by atoms with van der Waals surface area (Å²) in [4.78, 5) is 30.5. The highest BCUT2D eigenvalue weighted by Crippen LogP contribution is 2.37. The van der Waals surface area contributed by atoms with E-state index < -0.39 is 47.7 Å². The molecule has 278 valence electrons. The maximum atomic E-state index is 13.4. The average Bonchev–Trinajstić information content (AvgIpc) is 3.57. The monoisotopic (exact) mass is 690 g/mol. The molecule has 3 saturated heterocycles. The number of likely N-dealkylation sites (tertiary alicyclic amines) is 2. The number of epoxide rings is 1. The van der Waals surface area contributed by atoms with Gasteiger partial charge < -0.3 is 44.4 Å². The van der Waals surface area contributed by atoms with Crippen molar-refractivity contribution in [3.63, 3.8) is 0 Å². The van der Waals surface area contributed by atoms with Crippen molar-refractivity contribution in [1.82, 2.24) is 9.80 Å². The van der Waals surface area contributed by atoms with Gasteiger partial charge in [0.05, 0.1) is 36.4 Å². The molecule has 0 aliphatic carbocycles. The molecule has 0 aromatic rings. The van der Waals surface area contributed by atoms with Gasteiger partial charge in [-0.2, -0.15) is 0 Å². The highest BCUT2D eigenvalue weighted by atomic mass is 16.6. The van der Waals surface area contributed by atoms with Gasteiger partial charge in [-0.1, -0.05) is 45.1 Å². The number of carbonyl (C=O) groups is 2. The summed E-state index contributed by atoms with van der Waals surface area (Å²) in [5, 5.41) is 43.3. The normalized spacial score (nSPS) is 35.9. The van der Waals surface area contributed by atoms with Crippen LogP contribution in [-0.2, 0) is 19.0 Å². The molecule has 1 amide bonds. The Labute approximate surface area is 293 Å². The molecule has 0 bridgehead atoms. The smallest absolute Gasteiger partial charge is 0.410 e. The number of ether oxygens (including phenoxy) is 3. The predicted molar refractivity (Wildman–Crippen MR) is 187 cm³/mol. The van der Waals surface area contributed by atoms with Crippen LogP contribution in [0.5, 0.6) is 0 Å². The highest BCUT2D eigenvalue weighted by molar-refractivity contribution is 5.70. The third-order valence-corrected chi connectivity index (χ3v) is 11.0. The van der Waals surface area contributed by atoms with Crippen molar-refractivity contribution in [2.45, 2.75) is 153 Å². The zero-order chi connectivity index (χ0) is 35.9. The summed E-state index contributed by atoms with van der Waals surface area (Å²) in [5.74, 6) is -0.932. The largest absolute Gasteiger partial charge is 0.457 e. The molecule has 4 aliphatic heterocycles. The molecule has 11 nitrogen and oxygen atoms in total. The number of hydrogen-bond donors (Lipinski definition) is 4. The van der Waals surface area contributed by atoms with E-state index in [4.69, 9.17) is 14.2 Å². The number of hydrogen-bond acceptors (Lipinski definition) is 10. The summed E-state index contributed by atoms with van der Waals surface area (Å²) in [6.07, 6.45) is 10.1. The van der Waals surface area contributed by atoms with Gasteiger partial charge in [-0.15, -0.1) is 0 Å². The third-order valence-electron chi connectivity index (χ3n) is 11.0. The van der Waals surface area contributed by atoms with Crippen molar-refractivity contribution >= 4 is 12.1 Å². The molecule has 0 spiro atoms. The summed E-state index contributed by atoms with van der Waals surface area (Å²) in [7, 11) is 0. The van der Waals surface area contributed by atoms with Crippen molar-refractivity contribution in [2.24, 2.45) is 11.8 Å². The van der Waals surface area contributed by atoms with Gasteiger partial charge in [0.25, 0.3) is 0 Å². The lowest BCUT2D eigenvalue weighted by Gasteiger charge is -2.38. The first-order valence-corrected chi connectivity index (χ1v) is 18.5. The van der Waals surface area contributed by atoms with Gasteiger partial charge in [0.1, 0.15) is 11.7 Å². The lowest BCUT2D eigenvalue weighted by atomic mass is 9.88. The number of aliphatic hydroxyl groups is 4. The topological polar surface area (TPSA) is 153 Å². The van der Waals surface area contributed by atoms with Gasteiger partial charge in [0, 0.05) is 37.4 Å². The van der Waals surface area contributed by atoms with Crippen molar-refractivity contribution in [2.75, 3.05) is 26.2 Å². The fourth-order valence-electron chi connectivity index (χ4n) is 7.51. The molecule has 4 heterocycles. The minimum atomic E-state index is -1.48. The highest BCUT2D eigenvalue weighted by Gasteiger charge is 2.47. The van der Waals surface area contributed by atoms with Crippen LogP contribution in [-0.4, -0.2) is 122 Å². The number of aliphatic hydroxyl groups excluding tert-OH is 2. The van der Waals surface area contributed by atoms with Crippen molar-refractivity contribution in [3.8, 4) is 0 Å².